The Kier molecular flexibility index (Phi) is 3.67. The summed E-state index contributed by atoms with van der Waals surface area (Å²) in [6.45, 7) is 0. The van der Waals surface area contributed by atoms with Crippen molar-refractivity contribution >= 4 is 10.8 Å². The Hall–Kier alpha value is -2.15. The third-order valence-corrected chi connectivity index (χ3v) is 2.23. The van der Waals surface area contributed by atoms with Gasteiger partial charge < -0.3 is 0 Å². The number of aromatic nitrogens is 1. The van der Waals surface area contributed by atoms with Crippen LogP contribution in [0.3, 0.4) is 0 Å². The van der Waals surface area contributed by atoms with E-state index in [9.17, 15) is 0 Å². The summed E-state index contributed by atoms with van der Waals surface area (Å²) in [5.74, 6) is 0. The van der Waals surface area contributed by atoms with Gasteiger partial charge in [-0.3, -0.25) is 4.98 Å². The quantitative estimate of drug-likeness (QED) is 0.544. The van der Waals surface area contributed by atoms with Crippen LogP contribution in [0, 0.1) is 0 Å². The van der Waals surface area contributed by atoms with Crippen molar-refractivity contribution in [1.82, 2.24) is 4.98 Å². The molecule has 0 amide bonds. The van der Waals surface area contributed by atoms with E-state index in [0.29, 0.717) is 0 Å². The molecule has 0 bridgehead atoms. The number of benzene rings is 2. The van der Waals surface area contributed by atoms with Crippen LogP contribution in [0.5, 0.6) is 0 Å². The van der Waals surface area contributed by atoms with E-state index in [0.717, 1.165) is 0 Å². The topological polar surface area (TPSA) is 12.9 Å². The van der Waals surface area contributed by atoms with Crippen LogP contribution < -0.4 is 0 Å². The first-order valence-corrected chi connectivity index (χ1v) is 5.25. The van der Waals surface area contributed by atoms with E-state index in [1.807, 2.05) is 18.2 Å². The summed E-state index contributed by atoms with van der Waals surface area (Å²) < 4.78 is 0. The molecule has 0 atom stereocenters. The summed E-state index contributed by atoms with van der Waals surface area (Å²) in [6.07, 6.45) is 3.50. The Morgan fingerprint density at radius 3 is 1.19 bits per heavy atom. The maximum Gasteiger partial charge on any atom is 0.0267 e. The lowest BCUT2D eigenvalue weighted by Crippen LogP contribution is -1.67. The molecule has 0 aliphatic carbocycles. The summed E-state index contributed by atoms with van der Waals surface area (Å²) in [5, 5.41) is 2.62. The lowest BCUT2D eigenvalue weighted by Gasteiger charge is -1.92. The highest BCUT2D eigenvalue weighted by Gasteiger charge is 1.85. The minimum Gasteiger partial charge on any atom is -0.265 e. The highest BCUT2D eigenvalue weighted by atomic mass is 14.6. The Balaban J connectivity index is 0.000000138. The van der Waals surface area contributed by atoms with Crippen LogP contribution in [-0.4, -0.2) is 4.98 Å². The molecule has 0 saturated carbocycles. The zero-order valence-corrected chi connectivity index (χ0v) is 8.95. The van der Waals surface area contributed by atoms with Crippen LogP contribution in [0.1, 0.15) is 0 Å². The highest BCUT2D eigenvalue weighted by molar-refractivity contribution is 5.81. The molecule has 0 saturated heterocycles. The molecule has 0 N–H and O–H groups in total. The first-order valence-electron chi connectivity index (χ1n) is 5.25. The summed E-state index contributed by atoms with van der Waals surface area (Å²) in [4.78, 5) is 3.78. The SMILES string of the molecule is c1ccc2ccccc2c1.c1ccncc1. The van der Waals surface area contributed by atoms with E-state index in [2.05, 4.69) is 53.5 Å². The Labute approximate surface area is 95.4 Å². The average Bonchev–Trinajstić information content (AvgIpc) is 2.42. The second-order valence-corrected chi connectivity index (χ2v) is 3.37. The summed E-state index contributed by atoms with van der Waals surface area (Å²) >= 11 is 0. The lowest BCUT2D eigenvalue weighted by atomic mass is 10.1. The lowest BCUT2D eigenvalue weighted by molar-refractivity contribution is 1.33. The van der Waals surface area contributed by atoms with Gasteiger partial charge in [-0.2, -0.15) is 0 Å². The number of rotatable bonds is 0. The van der Waals surface area contributed by atoms with Gasteiger partial charge in [-0.25, -0.2) is 0 Å². The maximum atomic E-state index is 3.78. The molecule has 0 fully saturated rings. The summed E-state index contributed by atoms with van der Waals surface area (Å²) in [5.41, 5.74) is 0. The fourth-order valence-corrected chi connectivity index (χ4v) is 1.45. The van der Waals surface area contributed by atoms with Gasteiger partial charge in [-0.15, -0.1) is 0 Å². The van der Waals surface area contributed by atoms with Gasteiger partial charge in [-0.05, 0) is 22.9 Å². The number of pyridine rings is 1. The van der Waals surface area contributed by atoms with Gasteiger partial charge in [0.1, 0.15) is 0 Å². The van der Waals surface area contributed by atoms with Crippen molar-refractivity contribution in [2.75, 3.05) is 0 Å². The predicted octanol–water partition coefficient (Wildman–Crippen LogP) is 3.92. The molecule has 0 radical (unpaired) electrons. The molecule has 1 heterocycles. The second-order valence-electron chi connectivity index (χ2n) is 3.37. The average molecular weight is 207 g/mol. The van der Waals surface area contributed by atoms with Gasteiger partial charge in [0, 0.05) is 12.4 Å². The molecular formula is C15H13N. The van der Waals surface area contributed by atoms with Gasteiger partial charge >= 0.3 is 0 Å². The van der Waals surface area contributed by atoms with Gasteiger partial charge in [0.05, 0.1) is 0 Å². The fourth-order valence-electron chi connectivity index (χ4n) is 1.45. The van der Waals surface area contributed by atoms with Gasteiger partial charge in [0.25, 0.3) is 0 Å². The Bertz CT molecular complexity index is 440. The molecule has 0 aliphatic heterocycles. The summed E-state index contributed by atoms with van der Waals surface area (Å²) in [7, 11) is 0. The second kappa shape index (κ2) is 5.66. The summed E-state index contributed by atoms with van der Waals surface area (Å²) in [6, 6.07) is 22.4. The zero-order chi connectivity index (χ0) is 11.1. The molecule has 3 aromatic rings. The van der Waals surface area contributed by atoms with Crippen molar-refractivity contribution in [1.29, 1.82) is 0 Å². The molecule has 0 unspecified atom stereocenters. The maximum absolute atomic E-state index is 3.78. The fraction of sp³-hybridized carbons (Fsp3) is 0. The molecule has 78 valence electrons. The van der Waals surface area contributed by atoms with Crippen molar-refractivity contribution < 1.29 is 0 Å². The molecule has 1 heteroatoms. The number of hydrogen-bond donors (Lipinski definition) is 0. The molecule has 1 nitrogen and oxygen atoms in total. The Morgan fingerprint density at radius 1 is 0.500 bits per heavy atom. The van der Waals surface area contributed by atoms with Crippen molar-refractivity contribution in [3.63, 3.8) is 0 Å². The first-order chi connectivity index (χ1) is 7.97. The van der Waals surface area contributed by atoms with Gasteiger partial charge in [0.2, 0.25) is 0 Å². The van der Waals surface area contributed by atoms with Crippen molar-refractivity contribution in [2.45, 2.75) is 0 Å². The first kappa shape index (κ1) is 10.4. The standard InChI is InChI=1S/C10H8.C5H5N/c1-2-6-10-8-4-3-7-9(10)5-1;1-2-4-6-5-3-1/h1-8H;1-5H. The number of hydrogen-bond acceptors (Lipinski definition) is 1. The van der Waals surface area contributed by atoms with Crippen LogP contribution in [0.25, 0.3) is 10.8 Å². The minimum absolute atomic E-state index is 1.31. The van der Waals surface area contributed by atoms with Crippen LogP contribution in [0.2, 0.25) is 0 Å². The smallest absolute Gasteiger partial charge is 0.0267 e. The molecule has 3 rings (SSSR count). The molecule has 0 aliphatic rings. The number of fused-ring (bicyclic) bond motifs is 1. The highest BCUT2D eigenvalue weighted by Crippen LogP contribution is 2.11. The molecular weight excluding hydrogens is 194 g/mol. The molecule has 16 heavy (non-hydrogen) atoms. The van der Waals surface area contributed by atoms with E-state index in [4.69, 9.17) is 0 Å². The monoisotopic (exact) mass is 207 g/mol. The van der Waals surface area contributed by atoms with Crippen molar-refractivity contribution in [2.24, 2.45) is 0 Å². The van der Waals surface area contributed by atoms with E-state index >= 15 is 0 Å². The van der Waals surface area contributed by atoms with Crippen LogP contribution in [0.4, 0.5) is 0 Å². The van der Waals surface area contributed by atoms with E-state index in [-0.39, 0.29) is 0 Å². The Morgan fingerprint density at radius 2 is 0.938 bits per heavy atom. The minimum atomic E-state index is 1.31. The molecule has 0 spiro atoms. The van der Waals surface area contributed by atoms with E-state index in [1.165, 1.54) is 10.8 Å². The normalized spacial score (nSPS) is 9.25. The van der Waals surface area contributed by atoms with Crippen LogP contribution in [0.15, 0.2) is 79.1 Å². The molecule has 2 aromatic carbocycles. The van der Waals surface area contributed by atoms with Crippen molar-refractivity contribution in [3.05, 3.63) is 79.1 Å². The van der Waals surface area contributed by atoms with Gasteiger partial charge in [-0.1, -0.05) is 54.6 Å². The predicted molar refractivity (Wildman–Crippen MR) is 68.2 cm³/mol. The van der Waals surface area contributed by atoms with E-state index < -0.39 is 0 Å². The van der Waals surface area contributed by atoms with E-state index in [1.54, 1.807) is 12.4 Å². The van der Waals surface area contributed by atoms with Crippen molar-refractivity contribution in [3.8, 4) is 0 Å². The largest absolute Gasteiger partial charge is 0.265 e. The number of nitrogens with zero attached hydrogens (tertiary/aromatic N) is 1. The third kappa shape index (κ3) is 2.92. The molecule has 1 aromatic heterocycles. The zero-order valence-electron chi connectivity index (χ0n) is 8.95. The third-order valence-electron chi connectivity index (χ3n) is 2.23. The van der Waals surface area contributed by atoms with Gasteiger partial charge in [0.15, 0.2) is 0 Å². The van der Waals surface area contributed by atoms with Crippen LogP contribution in [-0.2, 0) is 0 Å². The van der Waals surface area contributed by atoms with Crippen LogP contribution >= 0.6 is 0 Å².